The summed E-state index contributed by atoms with van der Waals surface area (Å²) in [5, 5.41) is 0. The fourth-order valence-electron chi connectivity index (χ4n) is 5.33. The number of carbonyl (C=O) groups is 2. The molecule has 0 N–H and O–H groups in total. The zero-order valence-electron chi connectivity index (χ0n) is 11.4. The average Bonchev–Trinajstić information content (AvgIpc) is 2.70. The molecule has 0 unspecified atom stereocenters. The van der Waals surface area contributed by atoms with E-state index >= 15 is 0 Å². The Labute approximate surface area is 108 Å². The highest BCUT2D eigenvalue weighted by Crippen LogP contribution is 2.64. The summed E-state index contributed by atoms with van der Waals surface area (Å²) in [6, 6.07) is 0. The minimum atomic E-state index is -0.0529. The van der Waals surface area contributed by atoms with Gasteiger partial charge in [0.25, 0.3) is 0 Å². The summed E-state index contributed by atoms with van der Waals surface area (Å²) in [5.74, 6) is 2.40. The number of ketones is 1. The van der Waals surface area contributed by atoms with Gasteiger partial charge < -0.3 is 4.74 Å². The molecule has 0 aliphatic heterocycles. The molecule has 0 spiro atoms. The molecule has 0 aromatic rings. The lowest BCUT2D eigenvalue weighted by atomic mass is 9.45. The third-order valence-electron chi connectivity index (χ3n) is 5.93. The van der Waals surface area contributed by atoms with Crippen molar-refractivity contribution in [3.63, 3.8) is 0 Å². The van der Waals surface area contributed by atoms with E-state index in [9.17, 15) is 9.59 Å². The molecule has 3 aliphatic rings. The molecule has 3 aliphatic carbocycles. The summed E-state index contributed by atoms with van der Waals surface area (Å²) in [6.45, 7) is 4.48. The topological polar surface area (TPSA) is 43.4 Å². The molecule has 3 nitrogen and oxygen atoms in total. The molecule has 100 valence electrons. The number of Topliss-reactive ketones (excluding diaryl/α,β-unsaturated/α-hetero) is 1. The Morgan fingerprint density at radius 3 is 2.67 bits per heavy atom. The molecule has 0 amide bonds. The maximum absolute atomic E-state index is 11.8. The number of hydrogen-bond donors (Lipinski definition) is 0. The van der Waals surface area contributed by atoms with Crippen molar-refractivity contribution in [2.24, 2.45) is 35.0 Å². The first-order chi connectivity index (χ1) is 8.47. The maximum Gasteiger partial charge on any atom is 0.308 e. The van der Waals surface area contributed by atoms with Crippen LogP contribution in [0.3, 0.4) is 0 Å². The van der Waals surface area contributed by atoms with Crippen LogP contribution in [-0.2, 0) is 14.3 Å². The van der Waals surface area contributed by atoms with Crippen LogP contribution in [0, 0.1) is 35.0 Å². The van der Waals surface area contributed by atoms with Gasteiger partial charge in [-0.05, 0) is 42.4 Å². The van der Waals surface area contributed by atoms with Crippen molar-refractivity contribution in [3.8, 4) is 0 Å². The van der Waals surface area contributed by atoms with Crippen LogP contribution in [0.25, 0.3) is 0 Å². The number of esters is 1. The Morgan fingerprint density at radius 2 is 2.06 bits per heavy atom. The second-order valence-corrected chi connectivity index (χ2v) is 6.90. The minimum Gasteiger partial charge on any atom is -0.469 e. The van der Waals surface area contributed by atoms with Crippen LogP contribution >= 0.6 is 0 Å². The van der Waals surface area contributed by atoms with E-state index in [1.807, 2.05) is 0 Å². The highest BCUT2D eigenvalue weighted by molar-refractivity contribution is 5.89. The first-order valence-electron chi connectivity index (χ1n) is 7.08. The van der Waals surface area contributed by atoms with Crippen LogP contribution in [0.1, 0.15) is 39.5 Å². The van der Waals surface area contributed by atoms with Crippen LogP contribution in [-0.4, -0.2) is 18.9 Å². The van der Waals surface area contributed by atoms with Gasteiger partial charge in [-0.1, -0.05) is 13.8 Å². The van der Waals surface area contributed by atoms with Crippen LogP contribution < -0.4 is 0 Å². The van der Waals surface area contributed by atoms with Gasteiger partial charge in [-0.15, -0.1) is 0 Å². The zero-order valence-corrected chi connectivity index (χ0v) is 11.4. The molecule has 0 aromatic heterocycles. The van der Waals surface area contributed by atoms with Crippen molar-refractivity contribution in [2.75, 3.05) is 7.11 Å². The van der Waals surface area contributed by atoms with E-state index < -0.39 is 0 Å². The van der Waals surface area contributed by atoms with E-state index in [4.69, 9.17) is 4.74 Å². The van der Waals surface area contributed by atoms with Gasteiger partial charge in [0.15, 0.2) is 0 Å². The van der Waals surface area contributed by atoms with Crippen molar-refractivity contribution < 1.29 is 14.3 Å². The molecule has 3 rings (SSSR count). The normalized spacial score (nSPS) is 50.2. The van der Waals surface area contributed by atoms with E-state index in [1.54, 1.807) is 0 Å². The summed E-state index contributed by atoms with van der Waals surface area (Å²) >= 11 is 0. The molecule has 0 aromatic carbocycles. The van der Waals surface area contributed by atoms with Crippen molar-refractivity contribution in [1.82, 2.24) is 0 Å². The number of rotatable bonds is 1. The number of carbonyl (C=O) groups excluding carboxylic acids is 2. The van der Waals surface area contributed by atoms with Crippen LogP contribution in [0.2, 0.25) is 0 Å². The van der Waals surface area contributed by atoms with Gasteiger partial charge in [0.2, 0.25) is 0 Å². The summed E-state index contributed by atoms with van der Waals surface area (Å²) in [7, 11) is 1.48. The number of methoxy groups -OCH3 is 1. The van der Waals surface area contributed by atoms with Crippen molar-refractivity contribution in [2.45, 2.75) is 39.5 Å². The largest absolute Gasteiger partial charge is 0.469 e. The second-order valence-electron chi connectivity index (χ2n) is 6.90. The number of hydrogen-bond acceptors (Lipinski definition) is 3. The van der Waals surface area contributed by atoms with Crippen LogP contribution in [0.4, 0.5) is 0 Å². The van der Waals surface area contributed by atoms with Crippen molar-refractivity contribution in [3.05, 3.63) is 0 Å². The standard InChI is InChI=1S/C15H22O3/c1-8-4-9-5-10(14(17)18-3)6-11(9)15(2)7-12(16)13(8)15/h8-11,13H,4-7H2,1-3H3/t8-,9+,10-,11+,13-,15-/m1/s1. The van der Waals surface area contributed by atoms with Crippen LogP contribution in [0.5, 0.6) is 0 Å². The van der Waals surface area contributed by atoms with E-state index in [2.05, 4.69) is 13.8 Å². The van der Waals surface area contributed by atoms with E-state index in [0.717, 1.165) is 25.7 Å². The summed E-state index contributed by atoms with van der Waals surface area (Å²) < 4.78 is 4.90. The molecule has 18 heavy (non-hydrogen) atoms. The van der Waals surface area contributed by atoms with Gasteiger partial charge in [0.1, 0.15) is 5.78 Å². The lowest BCUT2D eigenvalue weighted by Crippen LogP contribution is -2.58. The molecule has 3 saturated carbocycles. The van der Waals surface area contributed by atoms with Crippen molar-refractivity contribution >= 4 is 11.8 Å². The molecule has 3 fully saturated rings. The highest BCUT2D eigenvalue weighted by atomic mass is 16.5. The molecule has 0 radical (unpaired) electrons. The molecule has 0 heterocycles. The molecule has 0 bridgehead atoms. The Balaban J connectivity index is 1.83. The first kappa shape index (κ1) is 12.2. The maximum atomic E-state index is 11.8. The zero-order chi connectivity index (χ0) is 13.1. The molecular formula is C15H22O3. The predicted molar refractivity (Wildman–Crippen MR) is 66.7 cm³/mol. The average molecular weight is 250 g/mol. The monoisotopic (exact) mass is 250 g/mol. The van der Waals surface area contributed by atoms with Gasteiger partial charge >= 0.3 is 5.97 Å². The molecule has 3 heteroatoms. The van der Waals surface area contributed by atoms with Gasteiger partial charge in [-0.3, -0.25) is 9.59 Å². The molecule has 0 saturated heterocycles. The smallest absolute Gasteiger partial charge is 0.308 e. The summed E-state index contributed by atoms with van der Waals surface area (Å²) in [5.41, 5.74) is 0.169. The Morgan fingerprint density at radius 1 is 1.33 bits per heavy atom. The third-order valence-corrected chi connectivity index (χ3v) is 5.93. The fourth-order valence-corrected chi connectivity index (χ4v) is 5.33. The lowest BCUT2D eigenvalue weighted by Gasteiger charge is -2.58. The van der Waals surface area contributed by atoms with E-state index in [-0.39, 0.29) is 23.2 Å². The SMILES string of the molecule is COC(=O)[C@@H]1C[C@@H]2C[C@@H](C)[C@@H]3C(=O)C[C@]3(C)[C@H]2C1. The fraction of sp³-hybridized carbons (Fsp3) is 0.867. The Bertz CT molecular complexity index is 403. The summed E-state index contributed by atoms with van der Waals surface area (Å²) in [4.78, 5) is 23.6. The predicted octanol–water partition coefficient (Wildman–Crippen LogP) is 2.44. The van der Waals surface area contributed by atoms with Gasteiger partial charge in [0.05, 0.1) is 13.0 Å². The van der Waals surface area contributed by atoms with E-state index in [0.29, 0.717) is 23.5 Å². The molecular weight excluding hydrogens is 228 g/mol. The van der Waals surface area contributed by atoms with Gasteiger partial charge in [-0.2, -0.15) is 0 Å². The molecule has 6 atom stereocenters. The summed E-state index contributed by atoms with van der Waals surface area (Å²) in [6.07, 6.45) is 3.75. The van der Waals surface area contributed by atoms with Gasteiger partial charge in [-0.25, -0.2) is 0 Å². The highest BCUT2D eigenvalue weighted by Gasteiger charge is 2.63. The number of fused-ring (bicyclic) bond motifs is 3. The van der Waals surface area contributed by atoms with Crippen molar-refractivity contribution in [1.29, 1.82) is 0 Å². The van der Waals surface area contributed by atoms with E-state index in [1.165, 1.54) is 7.11 Å². The van der Waals surface area contributed by atoms with Gasteiger partial charge in [0, 0.05) is 12.3 Å². The Hall–Kier alpha value is -0.860. The Kier molecular flexibility index (Phi) is 2.58. The minimum absolute atomic E-state index is 0.0529. The third kappa shape index (κ3) is 1.42. The number of ether oxygens (including phenoxy) is 1. The quantitative estimate of drug-likeness (QED) is 0.671. The lowest BCUT2D eigenvalue weighted by molar-refractivity contribution is -0.161. The first-order valence-corrected chi connectivity index (χ1v) is 7.08. The second kappa shape index (κ2) is 3.82. The van der Waals surface area contributed by atoms with Crippen LogP contribution in [0.15, 0.2) is 0 Å².